The molecule has 0 spiro atoms. The van der Waals surface area contributed by atoms with Crippen LogP contribution in [0.25, 0.3) is 0 Å². The van der Waals surface area contributed by atoms with Gasteiger partial charge in [0.1, 0.15) is 23.0 Å². The summed E-state index contributed by atoms with van der Waals surface area (Å²) in [6, 6.07) is 8.22. The molecule has 1 saturated heterocycles. The number of aliphatic hydroxyl groups is 1. The Labute approximate surface area is 211 Å². The van der Waals surface area contributed by atoms with Gasteiger partial charge in [0.15, 0.2) is 6.29 Å². The van der Waals surface area contributed by atoms with Crippen molar-refractivity contribution in [1.82, 2.24) is 0 Å². The van der Waals surface area contributed by atoms with Crippen molar-refractivity contribution in [2.75, 3.05) is 6.61 Å². The van der Waals surface area contributed by atoms with Crippen LogP contribution in [-0.2, 0) is 17.6 Å². The zero-order chi connectivity index (χ0) is 24.6. The largest absolute Gasteiger partial charge is 0.508 e. The van der Waals surface area contributed by atoms with E-state index in [1.54, 1.807) is 24.3 Å². The van der Waals surface area contributed by atoms with Crippen LogP contribution in [0.4, 0.5) is 0 Å². The van der Waals surface area contributed by atoms with Crippen LogP contribution in [0.1, 0.15) is 76.3 Å². The first-order valence-electron chi connectivity index (χ1n) is 11.8. The van der Waals surface area contributed by atoms with Crippen LogP contribution in [0, 0.1) is 3.57 Å². The summed E-state index contributed by atoms with van der Waals surface area (Å²) in [5, 5.41) is 45.8. The third kappa shape index (κ3) is 12.9. The molecule has 0 aromatic heterocycles. The van der Waals surface area contributed by atoms with Crippen molar-refractivity contribution < 1.29 is 30.3 Å². The normalized spacial score (nSPS) is 14.7. The first kappa shape index (κ1) is 29.3. The number of ether oxygens (including phenoxy) is 1. The summed E-state index contributed by atoms with van der Waals surface area (Å²) in [4.78, 5) is 0. The molecule has 1 aliphatic heterocycles. The van der Waals surface area contributed by atoms with Crippen molar-refractivity contribution in [2.45, 2.75) is 84.3 Å². The highest BCUT2D eigenvalue weighted by Gasteiger charge is 2.09. The lowest BCUT2D eigenvalue weighted by Gasteiger charge is -2.05. The van der Waals surface area contributed by atoms with Gasteiger partial charge >= 0.3 is 0 Å². The van der Waals surface area contributed by atoms with Gasteiger partial charge in [-0.1, -0.05) is 39.5 Å². The summed E-state index contributed by atoms with van der Waals surface area (Å²) >= 11 is 1.93. The standard InChI is InChI=1S/C11H15IO2.C11H16O2.C4H8O2/c1-2-3-4-5-8-6-9(13)11(12)10(14)7-8;1-2-3-4-5-9-6-10(12)8-11(13)7-9;5-4-2-1-3-6-4/h6-7,13-14H,2-5H2,1H3;6-8,12-13H,2-5H2,1H3;4-5H,1-3H2. The van der Waals surface area contributed by atoms with Crippen LogP contribution in [0.2, 0.25) is 0 Å². The lowest BCUT2D eigenvalue weighted by Crippen LogP contribution is -1.99. The smallest absolute Gasteiger partial charge is 0.154 e. The Balaban J connectivity index is 0.000000265. The molecule has 0 bridgehead atoms. The summed E-state index contributed by atoms with van der Waals surface area (Å²) in [5.41, 5.74) is 2.01. The number of unbranched alkanes of at least 4 members (excludes halogenated alkanes) is 4. The Morgan fingerprint density at radius 1 is 0.788 bits per heavy atom. The fourth-order valence-electron chi connectivity index (χ4n) is 3.31. The van der Waals surface area contributed by atoms with Crippen LogP contribution in [0.3, 0.4) is 0 Å². The Hall–Kier alpha value is -1.71. The highest BCUT2D eigenvalue weighted by atomic mass is 127. The van der Waals surface area contributed by atoms with Gasteiger partial charge in [-0.2, -0.15) is 0 Å². The molecule has 1 aliphatic rings. The van der Waals surface area contributed by atoms with E-state index < -0.39 is 6.29 Å². The van der Waals surface area contributed by atoms with E-state index in [4.69, 9.17) is 9.84 Å². The molecule has 0 saturated carbocycles. The summed E-state index contributed by atoms with van der Waals surface area (Å²) in [7, 11) is 0. The Morgan fingerprint density at radius 2 is 1.27 bits per heavy atom. The SMILES string of the molecule is CCCCCc1cc(O)c(I)c(O)c1.CCCCCc1cc(O)cc(O)c1.OC1CCCO1. The van der Waals surface area contributed by atoms with Crippen molar-refractivity contribution in [3.05, 3.63) is 45.0 Å². The van der Waals surface area contributed by atoms with Gasteiger partial charge in [0, 0.05) is 19.1 Å². The lowest BCUT2D eigenvalue weighted by atomic mass is 10.1. The number of aliphatic hydroxyl groups excluding tert-OH is 1. The third-order valence-electron chi connectivity index (χ3n) is 5.10. The van der Waals surface area contributed by atoms with Gasteiger partial charge in [0.05, 0.1) is 3.57 Å². The van der Waals surface area contributed by atoms with Crippen LogP contribution in [0.15, 0.2) is 30.3 Å². The van der Waals surface area contributed by atoms with E-state index in [0.29, 0.717) is 3.57 Å². The minimum Gasteiger partial charge on any atom is -0.508 e. The van der Waals surface area contributed by atoms with E-state index in [1.165, 1.54) is 31.7 Å². The maximum atomic E-state index is 9.47. The first-order chi connectivity index (χ1) is 15.8. The van der Waals surface area contributed by atoms with Gasteiger partial charge in [0.2, 0.25) is 0 Å². The number of aryl methyl sites for hydroxylation is 2. The molecule has 3 rings (SSSR count). The average Bonchev–Trinajstić information content (AvgIpc) is 3.23. The molecule has 2 aromatic rings. The summed E-state index contributed by atoms with van der Waals surface area (Å²) in [5.74, 6) is 0.646. The predicted molar refractivity (Wildman–Crippen MR) is 140 cm³/mol. The van der Waals surface area contributed by atoms with Gasteiger partial charge in [-0.05, 0) is 90.1 Å². The van der Waals surface area contributed by atoms with Gasteiger partial charge in [-0.15, -0.1) is 0 Å². The number of hydrogen-bond acceptors (Lipinski definition) is 6. The van der Waals surface area contributed by atoms with Crippen LogP contribution < -0.4 is 0 Å². The molecule has 7 heteroatoms. The molecule has 186 valence electrons. The maximum absolute atomic E-state index is 9.47. The van der Waals surface area contributed by atoms with E-state index in [2.05, 4.69) is 13.8 Å². The Bertz CT molecular complexity index is 762. The molecule has 6 nitrogen and oxygen atoms in total. The van der Waals surface area contributed by atoms with Gasteiger partial charge in [-0.3, -0.25) is 0 Å². The monoisotopic (exact) mass is 574 g/mol. The molecule has 0 amide bonds. The molecular weight excluding hydrogens is 535 g/mol. The van der Waals surface area contributed by atoms with Crippen LogP contribution >= 0.6 is 22.6 Å². The van der Waals surface area contributed by atoms with E-state index in [1.807, 2.05) is 22.6 Å². The molecular formula is C26H39IO6. The second kappa shape index (κ2) is 16.8. The van der Waals surface area contributed by atoms with Crippen molar-refractivity contribution in [1.29, 1.82) is 0 Å². The fourth-order valence-corrected chi connectivity index (χ4v) is 3.63. The molecule has 33 heavy (non-hydrogen) atoms. The molecule has 1 unspecified atom stereocenters. The van der Waals surface area contributed by atoms with Gasteiger partial charge in [-0.25, -0.2) is 0 Å². The quantitative estimate of drug-likeness (QED) is 0.185. The summed E-state index contributed by atoms with van der Waals surface area (Å²) in [6.07, 6.45) is 10.2. The van der Waals surface area contributed by atoms with Crippen molar-refractivity contribution in [3.8, 4) is 23.0 Å². The van der Waals surface area contributed by atoms with E-state index >= 15 is 0 Å². The van der Waals surface area contributed by atoms with Gasteiger partial charge in [0.25, 0.3) is 0 Å². The molecule has 0 aliphatic carbocycles. The van der Waals surface area contributed by atoms with Crippen molar-refractivity contribution in [3.63, 3.8) is 0 Å². The van der Waals surface area contributed by atoms with Crippen molar-refractivity contribution in [2.24, 2.45) is 0 Å². The highest BCUT2D eigenvalue weighted by Crippen LogP contribution is 2.30. The zero-order valence-electron chi connectivity index (χ0n) is 19.8. The number of phenols is 4. The lowest BCUT2D eigenvalue weighted by molar-refractivity contribution is -0.0589. The van der Waals surface area contributed by atoms with Crippen LogP contribution in [-0.4, -0.2) is 38.4 Å². The fraction of sp³-hybridized carbons (Fsp3) is 0.538. The predicted octanol–water partition coefficient (Wildman–Crippen LogP) is 6.38. The van der Waals surface area contributed by atoms with E-state index in [-0.39, 0.29) is 23.0 Å². The number of rotatable bonds is 8. The molecule has 0 radical (unpaired) electrons. The van der Waals surface area contributed by atoms with Crippen LogP contribution in [0.5, 0.6) is 23.0 Å². The number of phenolic OH excluding ortho intramolecular Hbond substituents is 4. The molecule has 5 N–H and O–H groups in total. The highest BCUT2D eigenvalue weighted by molar-refractivity contribution is 14.1. The molecule has 1 fully saturated rings. The van der Waals surface area contributed by atoms with E-state index in [0.717, 1.165) is 56.3 Å². The van der Waals surface area contributed by atoms with Gasteiger partial charge < -0.3 is 30.3 Å². The Kier molecular flexibility index (Phi) is 15.0. The molecule has 1 heterocycles. The molecule has 1 atom stereocenters. The summed E-state index contributed by atoms with van der Waals surface area (Å²) < 4.78 is 5.24. The first-order valence-corrected chi connectivity index (χ1v) is 12.9. The minimum absolute atomic E-state index is 0.145. The minimum atomic E-state index is -0.454. The number of benzene rings is 2. The van der Waals surface area contributed by atoms with E-state index in [9.17, 15) is 20.4 Å². The average molecular weight is 574 g/mol. The zero-order valence-corrected chi connectivity index (χ0v) is 21.9. The number of aromatic hydroxyl groups is 4. The van der Waals surface area contributed by atoms with Crippen molar-refractivity contribution >= 4 is 22.6 Å². The second-order valence-corrected chi connectivity index (χ2v) is 9.27. The third-order valence-corrected chi connectivity index (χ3v) is 6.21. The number of halogens is 1. The maximum Gasteiger partial charge on any atom is 0.154 e. The second-order valence-electron chi connectivity index (χ2n) is 8.19. The number of hydrogen-bond donors (Lipinski definition) is 5. The summed E-state index contributed by atoms with van der Waals surface area (Å²) in [6.45, 7) is 5.05. The Morgan fingerprint density at radius 3 is 1.64 bits per heavy atom. The molecule has 2 aromatic carbocycles. The topological polar surface area (TPSA) is 110 Å².